The van der Waals surface area contributed by atoms with Crippen molar-refractivity contribution in [3.8, 4) is 0 Å². The summed E-state index contributed by atoms with van der Waals surface area (Å²) in [5, 5.41) is 4.64. The normalized spacial score (nSPS) is 16.9. The SMILES string of the molecule is Cc1cccc(C)c1Cn1nc(B2OC(C)(C)C(C)(C)O2)cc1C(=O)NS(=O)(=O)c1ccccc1. The summed E-state index contributed by atoms with van der Waals surface area (Å²) in [6.45, 7) is 12.0. The topological polar surface area (TPSA) is 99.5 Å². The molecular weight excluding hydrogens is 465 g/mol. The smallest absolute Gasteiger partial charge is 0.398 e. The molecule has 0 aliphatic carbocycles. The molecule has 1 aliphatic heterocycles. The van der Waals surface area contributed by atoms with Crippen LogP contribution in [0.15, 0.2) is 59.5 Å². The monoisotopic (exact) mass is 495 g/mol. The maximum Gasteiger partial charge on any atom is 0.516 e. The van der Waals surface area contributed by atoms with Gasteiger partial charge in [-0.3, -0.25) is 9.48 Å². The molecule has 0 atom stereocenters. The number of nitrogens with one attached hydrogen (secondary N) is 1. The Morgan fingerprint density at radius 1 is 0.971 bits per heavy atom. The molecule has 0 spiro atoms. The summed E-state index contributed by atoms with van der Waals surface area (Å²) in [5.74, 6) is -0.782. The van der Waals surface area contributed by atoms with Gasteiger partial charge in [-0.15, -0.1) is 0 Å². The van der Waals surface area contributed by atoms with Crippen LogP contribution in [0.3, 0.4) is 0 Å². The number of carbonyl (C=O) groups excluding carboxylic acids is 1. The summed E-state index contributed by atoms with van der Waals surface area (Å²) >= 11 is 0. The first-order valence-corrected chi connectivity index (χ1v) is 12.9. The highest BCUT2D eigenvalue weighted by atomic mass is 32.2. The van der Waals surface area contributed by atoms with Crippen LogP contribution in [0.2, 0.25) is 0 Å². The molecule has 3 aromatic rings. The predicted octanol–water partition coefficient (Wildman–Crippen LogP) is 2.97. The van der Waals surface area contributed by atoms with E-state index in [4.69, 9.17) is 9.31 Å². The zero-order valence-corrected chi connectivity index (χ0v) is 21.6. The van der Waals surface area contributed by atoms with E-state index in [1.165, 1.54) is 22.9 Å². The van der Waals surface area contributed by atoms with Gasteiger partial charge in [0.05, 0.1) is 28.2 Å². The van der Waals surface area contributed by atoms with Gasteiger partial charge in [-0.2, -0.15) is 5.10 Å². The zero-order valence-electron chi connectivity index (χ0n) is 20.8. The van der Waals surface area contributed by atoms with Crippen molar-refractivity contribution >= 4 is 28.6 Å². The highest BCUT2D eigenvalue weighted by Crippen LogP contribution is 2.36. The van der Waals surface area contributed by atoms with Gasteiger partial charge < -0.3 is 9.31 Å². The van der Waals surface area contributed by atoms with Crippen LogP contribution < -0.4 is 10.3 Å². The predicted molar refractivity (Wildman–Crippen MR) is 134 cm³/mol. The van der Waals surface area contributed by atoms with Crippen LogP contribution in [0.25, 0.3) is 0 Å². The Labute approximate surface area is 206 Å². The number of hydrogen-bond acceptors (Lipinski definition) is 6. The Morgan fingerprint density at radius 3 is 2.11 bits per heavy atom. The Balaban J connectivity index is 1.73. The number of aromatic nitrogens is 2. The van der Waals surface area contributed by atoms with Gasteiger partial charge in [0, 0.05) is 0 Å². The van der Waals surface area contributed by atoms with Crippen molar-refractivity contribution in [2.45, 2.75) is 64.2 Å². The minimum atomic E-state index is -4.06. The van der Waals surface area contributed by atoms with Crippen molar-refractivity contribution in [2.75, 3.05) is 0 Å². The van der Waals surface area contributed by atoms with Crippen LogP contribution in [0.5, 0.6) is 0 Å². The van der Waals surface area contributed by atoms with E-state index in [0.717, 1.165) is 16.7 Å². The highest BCUT2D eigenvalue weighted by molar-refractivity contribution is 7.90. The second-order valence-electron chi connectivity index (χ2n) is 9.82. The molecule has 8 nitrogen and oxygen atoms in total. The molecule has 1 aromatic heterocycles. The van der Waals surface area contributed by atoms with Gasteiger partial charge in [0.2, 0.25) is 0 Å². The van der Waals surface area contributed by atoms with E-state index >= 15 is 0 Å². The van der Waals surface area contributed by atoms with E-state index in [1.54, 1.807) is 18.2 Å². The molecule has 1 fully saturated rings. The third kappa shape index (κ3) is 4.91. The molecule has 1 N–H and O–H groups in total. The number of nitrogens with zero attached hydrogens (tertiary/aromatic N) is 2. The van der Waals surface area contributed by atoms with Gasteiger partial charge in [-0.05, 0) is 76.4 Å². The maximum absolute atomic E-state index is 13.3. The number of carbonyl (C=O) groups is 1. The molecule has 1 saturated heterocycles. The largest absolute Gasteiger partial charge is 0.516 e. The number of sulfonamides is 1. The zero-order chi connectivity index (χ0) is 25.6. The van der Waals surface area contributed by atoms with Crippen molar-refractivity contribution in [3.63, 3.8) is 0 Å². The van der Waals surface area contributed by atoms with Crippen molar-refractivity contribution in [3.05, 3.63) is 77.0 Å². The second kappa shape index (κ2) is 8.93. The standard InChI is InChI=1S/C25H30BN3O5S/c1-17-11-10-12-18(2)20(17)16-29-21(23(30)28-35(31,32)19-13-8-7-9-14-19)15-22(27-29)26-33-24(3,4)25(5,6)34-26/h7-15H,16H2,1-6H3,(H,28,30). The fraction of sp³-hybridized carbons (Fsp3) is 0.360. The summed E-state index contributed by atoms with van der Waals surface area (Å²) in [4.78, 5) is 13.3. The third-order valence-electron chi connectivity index (χ3n) is 6.76. The average Bonchev–Trinajstić information content (AvgIpc) is 3.29. The van der Waals surface area contributed by atoms with E-state index in [2.05, 4.69) is 9.82 Å². The lowest BCUT2D eigenvalue weighted by Gasteiger charge is -2.32. The van der Waals surface area contributed by atoms with Crippen molar-refractivity contribution in [2.24, 2.45) is 0 Å². The summed E-state index contributed by atoms with van der Waals surface area (Å²) in [5.41, 5.74) is 2.40. The number of hydrogen-bond donors (Lipinski definition) is 1. The Morgan fingerprint density at radius 2 is 1.54 bits per heavy atom. The van der Waals surface area contributed by atoms with E-state index in [-0.39, 0.29) is 17.1 Å². The molecule has 35 heavy (non-hydrogen) atoms. The molecule has 0 radical (unpaired) electrons. The van der Waals surface area contributed by atoms with Gasteiger partial charge in [-0.25, -0.2) is 13.1 Å². The number of amides is 1. The van der Waals surface area contributed by atoms with E-state index in [0.29, 0.717) is 5.59 Å². The first-order valence-electron chi connectivity index (χ1n) is 11.4. The third-order valence-corrected chi connectivity index (χ3v) is 8.11. The van der Waals surface area contributed by atoms with Gasteiger partial charge >= 0.3 is 7.12 Å². The van der Waals surface area contributed by atoms with Crippen LogP contribution in [0, 0.1) is 13.8 Å². The van der Waals surface area contributed by atoms with E-state index in [1.807, 2.05) is 59.7 Å². The summed E-state index contributed by atoms with van der Waals surface area (Å²) < 4.78 is 41.5. The molecule has 2 heterocycles. The first kappa shape index (κ1) is 25.2. The molecule has 2 aromatic carbocycles. The molecule has 1 amide bonds. The number of rotatable bonds is 6. The van der Waals surface area contributed by atoms with Crippen molar-refractivity contribution in [1.29, 1.82) is 0 Å². The minimum absolute atomic E-state index is 0.000320. The Hall–Kier alpha value is -2.95. The molecular formula is C25H30BN3O5S. The fourth-order valence-corrected chi connectivity index (χ4v) is 4.88. The van der Waals surface area contributed by atoms with Gasteiger partial charge in [0.25, 0.3) is 15.9 Å². The number of aryl methyl sites for hydroxylation is 2. The molecule has 1 aliphatic rings. The summed E-state index contributed by atoms with van der Waals surface area (Å²) in [7, 11) is -4.86. The summed E-state index contributed by atoms with van der Waals surface area (Å²) in [6, 6.07) is 15.2. The average molecular weight is 495 g/mol. The van der Waals surface area contributed by atoms with Crippen molar-refractivity contribution < 1.29 is 22.5 Å². The lowest BCUT2D eigenvalue weighted by Crippen LogP contribution is -2.41. The van der Waals surface area contributed by atoms with Crippen LogP contribution in [0.1, 0.15) is 54.9 Å². The maximum atomic E-state index is 13.3. The molecule has 0 unspecified atom stereocenters. The quantitative estimate of drug-likeness (QED) is 0.528. The van der Waals surface area contributed by atoms with E-state index < -0.39 is 34.3 Å². The molecule has 0 saturated carbocycles. The van der Waals surface area contributed by atoms with Gasteiger partial charge in [0.15, 0.2) is 0 Å². The molecule has 0 bridgehead atoms. The van der Waals surface area contributed by atoms with Crippen LogP contribution in [-0.2, 0) is 25.9 Å². The van der Waals surface area contributed by atoms with Crippen molar-refractivity contribution in [1.82, 2.24) is 14.5 Å². The highest BCUT2D eigenvalue weighted by Gasteiger charge is 2.53. The Bertz CT molecular complexity index is 1330. The second-order valence-corrected chi connectivity index (χ2v) is 11.5. The Kier molecular flexibility index (Phi) is 6.42. The van der Waals surface area contributed by atoms with Crippen LogP contribution in [0.4, 0.5) is 0 Å². The lowest BCUT2D eigenvalue weighted by atomic mass is 9.85. The fourth-order valence-electron chi connectivity index (χ4n) is 3.90. The number of benzene rings is 2. The summed E-state index contributed by atoms with van der Waals surface area (Å²) in [6.07, 6.45) is 0. The molecule has 10 heteroatoms. The van der Waals surface area contributed by atoms with Crippen LogP contribution in [-0.4, -0.2) is 42.4 Å². The lowest BCUT2D eigenvalue weighted by molar-refractivity contribution is 0.00578. The minimum Gasteiger partial charge on any atom is -0.398 e. The van der Waals surface area contributed by atoms with E-state index in [9.17, 15) is 13.2 Å². The molecule has 4 rings (SSSR count). The molecule has 184 valence electrons. The van der Waals surface area contributed by atoms with Gasteiger partial charge in [0.1, 0.15) is 5.69 Å². The van der Waals surface area contributed by atoms with Gasteiger partial charge in [-0.1, -0.05) is 36.4 Å². The first-order chi connectivity index (χ1) is 16.3. The van der Waals surface area contributed by atoms with Crippen LogP contribution >= 0.6 is 0 Å².